The summed E-state index contributed by atoms with van der Waals surface area (Å²) >= 11 is 0. The van der Waals surface area contributed by atoms with E-state index < -0.39 is 0 Å². The molecule has 5 atom stereocenters. The van der Waals surface area contributed by atoms with Gasteiger partial charge in [0.2, 0.25) is 0 Å². The molecule has 0 spiro atoms. The molecule has 2 bridgehead atoms. The van der Waals surface area contributed by atoms with Crippen molar-refractivity contribution in [1.82, 2.24) is 5.32 Å². The average Bonchev–Trinajstić information content (AvgIpc) is 3.46. The Morgan fingerprint density at radius 3 is 2.56 bits per heavy atom. The molecule has 2 saturated carbocycles. The van der Waals surface area contributed by atoms with Crippen molar-refractivity contribution in [1.29, 1.82) is 0 Å². The van der Waals surface area contributed by atoms with Crippen molar-refractivity contribution in [2.24, 2.45) is 17.8 Å². The van der Waals surface area contributed by atoms with E-state index in [0.29, 0.717) is 24.4 Å². The Balaban J connectivity index is 1.28. The molecule has 2 fully saturated rings. The standard InChI is InChI=1S/C29H30N2O/c1-18-7-9-19(10-8-18)17-30-29(32)23-13-14-25-24(16-23)26-21-11-12-22(15-21)27(26)28(31-25)20-5-3-2-4-6-20/h2-10,13-14,16,21-22,26-28,31H,11-12,15,17H2,1H3,(H,30,32)/t21-,22-,26-,27+,28+/m0/s1. The van der Waals surface area contributed by atoms with Gasteiger partial charge in [0.05, 0.1) is 6.04 Å². The second kappa shape index (κ2) is 7.81. The maximum Gasteiger partial charge on any atom is 0.251 e. The Labute approximate surface area is 190 Å². The lowest BCUT2D eigenvalue weighted by atomic mass is 9.68. The number of carbonyl (C=O) groups excluding carboxylic acids is 1. The fraction of sp³-hybridized carbons (Fsp3) is 0.345. The van der Waals surface area contributed by atoms with E-state index in [9.17, 15) is 4.79 Å². The van der Waals surface area contributed by atoms with Gasteiger partial charge in [0.15, 0.2) is 0 Å². The van der Waals surface area contributed by atoms with Crippen molar-refractivity contribution in [3.05, 3.63) is 101 Å². The van der Waals surface area contributed by atoms with E-state index in [1.807, 2.05) is 6.07 Å². The number of carbonyl (C=O) groups is 1. The largest absolute Gasteiger partial charge is 0.378 e. The summed E-state index contributed by atoms with van der Waals surface area (Å²) in [5, 5.41) is 6.98. The number of rotatable bonds is 4. The summed E-state index contributed by atoms with van der Waals surface area (Å²) in [6.07, 6.45) is 4.02. The zero-order chi connectivity index (χ0) is 21.7. The molecule has 2 aliphatic carbocycles. The lowest BCUT2D eigenvalue weighted by molar-refractivity contribution is 0.0950. The Hall–Kier alpha value is -3.07. The second-order valence-electron chi connectivity index (χ2n) is 9.94. The molecule has 0 unspecified atom stereocenters. The van der Waals surface area contributed by atoms with Gasteiger partial charge in [-0.05, 0) is 84.7 Å². The Kier molecular flexibility index (Phi) is 4.78. The van der Waals surface area contributed by atoms with Gasteiger partial charge in [-0.15, -0.1) is 0 Å². The molecule has 3 nitrogen and oxygen atoms in total. The predicted molar refractivity (Wildman–Crippen MR) is 129 cm³/mol. The Morgan fingerprint density at radius 2 is 1.75 bits per heavy atom. The van der Waals surface area contributed by atoms with Crippen LogP contribution in [0.5, 0.6) is 0 Å². The highest BCUT2D eigenvalue weighted by molar-refractivity contribution is 5.95. The van der Waals surface area contributed by atoms with Gasteiger partial charge in [-0.3, -0.25) is 4.79 Å². The maximum absolute atomic E-state index is 13.0. The van der Waals surface area contributed by atoms with Crippen LogP contribution in [-0.2, 0) is 6.54 Å². The summed E-state index contributed by atoms with van der Waals surface area (Å²) in [6.45, 7) is 2.64. The molecule has 0 radical (unpaired) electrons. The third kappa shape index (κ3) is 3.31. The fourth-order valence-corrected chi connectivity index (χ4v) is 6.61. The molecule has 3 aromatic rings. The van der Waals surface area contributed by atoms with E-state index in [1.165, 1.54) is 41.6 Å². The SMILES string of the molecule is Cc1ccc(CNC(=O)c2ccc3c(c2)[C@@H]2[C@H]4CC[C@@H](C4)[C@H]2[C@@H](c2ccccc2)N3)cc1. The molecule has 2 N–H and O–H groups in total. The molecular weight excluding hydrogens is 392 g/mol. The smallest absolute Gasteiger partial charge is 0.251 e. The molecule has 0 aromatic heterocycles. The van der Waals surface area contributed by atoms with Gasteiger partial charge in [0.1, 0.15) is 0 Å². The van der Waals surface area contributed by atoms with Crippen LogP contribution in [0.2, 0.25) is 0 Å². The summed E-state index contributed by atoms with van der Waals surface area (Å²) in [6, 6.07) is 25.9. The van der Waals surface area contributed by atoms with Crippen LogP contribution in [0.3, 0.4) is 0 Å². The van der Waals surface area contributed by atoms with E-state index in [0.717, 1.165) is 23.0 Å². The van der Waals surface area contributed by atoms with Gasteiger partial charge < -0.3 is 10.6 Å². The first-order valence-electron chi connectivity index (χ1n) is 12.0. The van der Waals surface area contributed by atoms with Crippen molar-refractivity contribution in [2.75, 3.05) is 5.32 Å². The van der Waals surface area contributed by atoms with E-state index in [1.54, 1.807) is 0 Å². The second-order valence-corrected chi connectivity index (χ2v) is 9.94. The van der Waals surface area contributed by atoms with Crippen molar-refractivity contribution in [3.8, 4) is 0 Å². The van der Waals surface area contributed by atoms with Crippen molar-refractivity contribution in [2.45, 2.75) is 44.7 Å². The summed E-state index contributed by atoms with van der Waals surface area (Å²) < 4.78 is 0. The topological polar surface area (TPSA) is 41.1 Å². The summed E-state index contributed by atoms with van der Waals surface area (Å²) in [5.41, 5.74) is 7.09. The van der Waals surface area contributed by atoms with Gasteiger partial charge in [-0.25, -0.2) is 0 Å². The number of fused-ring (bicyclic) bond motifs is 7. The quantitative estimate of drug-likeness (QED) is 0.524. The van der Waals surface area contributed by atoms with Crippen LogP contribution in [0.1, 0.15) is 63.8 Å². The molecule has 3 aliphatic rings. The first kappa shape index (κ1) is 19.6. The lowest BCUT2D eigenvalue weighted by Crippen LogP contribution is -2.35. The minimum absolute atomic E-state index is 0.0123. The van der Waals surface area contributed by atoms with Gasteiger partial charge >= 0.3 is 0 Å². The zero-order valence-electron chi connectivity index (χ0n) is 18.6. The molecule has 6 rings (SSSR count). The van der Waals surface area contributed by atoms with Crippen LogP contribution in [-0.4, -0.2) is 5.91 Å². The number of nitrogens with one attached hydrogen (secondary N) is 2. The van der Waals surface area contributed by atoms with Crippen LogP contribution >= 0.6 is 0 Å². The Morgan fingerprint density at radius 1 is 0.969 bits per heavy atom. The number of hydrogen-bond acceptors (Lipinski definition) is 2. The Bertz CT molecular complexity index is 1140. The third-order valence-corrected chi connectivity index (χ3v) is 8.08. The van der Waals surface area contributed by atoms with E-state index in [-0.39, 0.29) is 5.91 Å². The first-order chi connectivity index (χ1) is 15.7. The predicted octanol–water partition coefficient (Wildman–Crippen LogP) is 6.22. The molecule has 1 aliphatic heterocycles. The van der Waals surface area contributed by atoms with Gasteiger partial charge in [-0.2, -0.15) is 0 Å². The average molecular weight is 423 g/mol. The van der Waals surface area contributed by atoms with Crippen LogP contribution in [0.4, 0.5) is 5.69 Å². The van der Waals surface area contributed by atoms with E-state index in [4.69, 9.17) is 0 Å². The number of anilines is 1. The fourth-order valence-electron chi connectivity index (χ4n) is 6.61. The number of benzene rings is 3. The molecule has 32 heavy (non-hydrogen) atoms. The molecule has 162 valence electrons. The monoisotopic (exact) mass is 422 g/mol. The van der Waals surface area contributed by atoms with Gasteiger partial charge in [-0.1, -0.05) is 60.2 Å². The minimum Gasteiger partial charge on any atom is -0.378 e. The highest BCUT2D eigenvalue weighted by atomic mass is 16.1. The molecule has 3 heteroatoms. The highest BCUT2D eigenvalue weighted by Gasteiger charge is 2.53. The van der Waals surface area contributed by atoms with Crippen molar-refractivity contribution in [3.63, 3.8) is 0 Å². The van der Waals surface area contributed by atoms with Crippen molar-refractivity contribution < 1.29 is 4.79 Å². The first-order valence-corrected chi connectivity index (χ1v) is 12.0. The number of aryl methyl sites for hydroxylation is 1. The molecule has 3 aromatic carbocycles. The molecular formula is C29H30N2O. The summed E-state index contributed by atoms with van der Waals surface area (Å²) in [5.74, 6) is 2.73. The van der Waals surface area contributed by atoms with E-state index >= 15 is 0 Å². The van der Waals surface area contributed by atoms with Gasteiger partial charge in [0, 0.05) is 17.8 Å². The van der Waals surface area contributed by atoms with E-state index in [2.05, 4.69) is 84.3 Å². The van der Waals surface area contributed by atoms with Crippen molar-refractivity contribution >= 4 is 11.6 Å². The van der Waals surface area contributed by atoms with Crippen LogP contribution in [0.15, 0.2) is 72.8 Å². The summed E-state index contributed by atoms with van der Waals surface area (Å²) in [4.78, 5) is 13.0. The lowest BCUT2D eigenvalue weighted by Gasteiger charge is -2.43. The van der Waals surface area contributed by atoms with Crippen LogP contribution < -0.4 is 10.6 Å². The molecule has 1 heterocycles. The third-order valence-electron chi connectivity index (χ3n) is 8.08. The van der Waals surface area contributed by atoms with Gasteiger partial charge in [0.25, 0.3) is 5.91 Å². The van der Waals surface area contributed by atoms with Crippen LogP contribution in [0.25, 0.3) is 0 Å². The minimum atomic E-state index is 0.0123. The maximum atomic E-state index is 13.0. The molecule has 1 amide bonds. The molecule has 0 saturated heterocycles. The number of amides is 1. The van der Waals surface area contributed by atoms with Crippen LogP contribution in [0, 0.1) is 24.7 Å². The normalized spacial score (nSPS) is 27.3. The highest BCUT2D eigenvalue weighted by Crippen LogP contribution is 2.63. The summed E-state index contributed by atoms with van der Waals surface area (Å²) in [7, 11) is 0. The number of hydrogen-bond donors (Lipinski definition) is 2. The zero-order valence-corrected chi connectivity index (χ0v) is 18.6.